The van der Waals surface area contributed by atoms with E-state index in [4.69, 9.17) is 0 Å². The fraction of sp³-hybridized carbons (Fsp3) is 0.100. The van der Waals surface area contributed by atoms with Crippen molar-refractivity contribution in [2.45, 2.75) is 6.92 Å². The summed E-state index contributed by atoms with van der Waals surface area (Å²) in [5.41, 5.74) is 2.17. The Kier molecular flexibility index (Phi) is 1.87. The average Bonchev–Trinajstić information content (AvgIpc) is 2.07. The third-order valence-electron chi connectivity index (χ3n) is 1.84. The van der Waals surface area contributed by atoms with Gasteiger partial charge < -0.3 is 0 Å². The zero-order chi connectivity index (χ0) is 8.55. The van der Waals surface area contributed by atoms with E-state index in [1.54, 1.807) is 0 Å². The fourth-order valence-electron chi connectivity index (χ4n) is 1.23. The Morgan fingerprint density at radius 2 is 2.00 bits per heavy atom. The van der Waals surface area contributed by atoms with Crippen LogP contribution in [-0.4, -0.2) is 21.0 Å². The van der Waals surface area contributed by atoms with Gasteiger partial charge in [-0.05, 0) is 0 Å². The molecule has 1 aromatic carbocycles. The van der Waals surface area contributed by atoms with E-state index >= 15 is 0 Å². The number of aryl methyl sites for hydroxylation is 1. The van der Waals surface area contributed by atoms with Crippen molar-refractivity contribution in [2.75, 3.05) is 0 Å². The summed E-state index contributed by atoms with van der Waals surface area (Å²) in [6, 6.07) is 10.3. The Bertz CT molecular complexity index is 423. The van der Waals surface area contributed by atoms with E-state index in [9.17, 15) is 0 Å². The van der Waals surface area contributed by atoms with Gasteiger partial charge in [0.1, 0.15) is 0 Å². The zero-order valence-corrected chi connectivity index (χ0v) is 8.66. The maximum atomic E-state index is 4.46. The minimum absolute atomic E-state index is 1.07. The monoisotopic (exact) mass is 223 g/mol. The summed E-state index contributed by atoms with van der Waals surface area (Å²) in [5.74, 6) is 0. The summed E-state index contributed by atoms with van der Waals surface area (Å²) >= 11 is 2.55. The summed E-state index contributed by atoms with van der Waals surface area (Å²) in [5, 5.41) is 1.21. The van der Waals surface area contributed by atoms with Crippen LogP contribution < -0.4 is 4.46 Å². The van der Waals surface area contributed by atoms with Crippen LogP contribution in [0.1, 0.15) is 5.69 Å². The van der Waals surface area contributed by atoms with E-state index in [0.29, 0.717) is 0 Å². The summed E-state index contributed by atoms with van der Waals surface area (Å²) in [4.78, 5) is 4.46. The first kappa shape index (κ1) is 7.78. The van der Waals surface area contributed by atoms with Crippen molar-refractivity contribution in [1.29, 1.82) is 0 Å². The van der Waals surface area contributed by atoms with Crippen molar-refractivity contribution in [3.63, 3.8) is 0 Å². The Morgan fingerprint density at radius 1 is 1.17 bits per heavy atom. The standard InChI is InChI=1S/C10H9NSe/c1-7-5-6-8-3-2-4-9(12)10(8)11-7/h2-6,12H,1H3. The van der Waals surface area contributed by atoms with Gasteiger partial charge in [0.15, 0.2) is 0 Å². The van der Waals surface area contributed by atoms with E-state index in [-0.39, 0.29) is 0 Å². The molecule has 0 aliphatic rings. The van der Waals surface area contributed by atoms with Crippen molar-refractivity contribution >= 4 is 31.4 Å². The predicted octanol–water partition coefficient (Wildman–Crippen LogP) is 1.07. The number of nitrogens with zero attached hydrogens (tertiary/aromatic N) is 1. The van der Waals surface area contributed by atoms with Gasteiger partial charge in [-0.3, -0.25) is 0 Å². The topological polar surface area (TPSA) is 12.9 Å². The van der Waals surface area contributed by atoms with Gasteiger partial charge in [0.05, 0.1) is 0 Å². The molecule has 0 unspecified atom stereocenters. The van der Waals surface area contributed by atoms with Gasteiger partial charge in [-0.15, -0.1) is 0 Å². The van der Waals surface area contributed by atoms with Crippen LogP contribution in [-0.2, 0) is 0 Å². The first-order chi connectivity index (χ1) is 5.77. The van der Waals surface area contributed by atoms with Crippen LogP contribution in [0.3, 0.4) is 0 Å². The van der Waals surface area contributed by atoms with E-state index in [1.165, 1.54) is 9.85 Å². The second-order valence-electron chi connectivity index (χ2n) is 2.80. The Hall–Kier alpha value is -0.851. The third-order valence-corrected chi connectivity index (χ3v) is 2.60. The van der Waals surface area contributed by atoms with Gasteiger partial charge in [-0.2, -0.15) is 0 Å². The van der Waals surface area contributed by atoms with Gasteiger partial charge in [0, 0.05) is 0 Å². The molecule has 2 rings (SSSR count). The van der Waals surface area contributed by atoms with Crippen LogP contribution in [0.4, 0.5) is 0 Å². The molecule has 2 aromatic rings. The molecule has 0 spiro atoms. The van der Waals surface area contributed by atoms with E-state index in [0.717, 1.165) is 11.2 Å². The van der Waals surface area contributed by atoms with Crippen molar-refractivity contribution in [1.82, 2.24) is 4.98 Å². The Balaban J connectivity index is 2.88. The third kappa shape index (κ3) is 1.24. The molecule has 1 aromatic heterocycles. The Morgan fingerprint density at radius 3 is 2.83 bits per heavy atom. The molecule has 0 aliphatic heterocycles. The summed E-state index contributed by atoms with van der Waals surface area (Å²) in [6.45, 7) is 2.01. The molecule has 1 heterocycles. The normalized spacial score (nSPS) is 10.5. The average molecular weight is 222 g/mol. The SMILES string of the molecule is Cc1ccc2cccc([SeH])c2n1. The maximum absolute atomic E-state index is 4.46. The first-order valence-corrected chi connectivity index (χ1v) is 4.76. The van der Waals surface area contributed by atoms with Crippen LogP contribution >= 0.6 is 0 Å². The molecule has 0 radical (unpaired) electrons. The van der Waals surface area contributed by atoms with Gasteiger partial charge in [0.2, 0.25) is 0 Å². The predicted molar refractivity (Wildman–Crippen MR) is 53.3 cm³/mol. The number of para-hydroxylation sites is 1. The van der Waals surface area contributed by atoms with E-state index in [2.05, 4.69) is 39.2 Å². The number of hydrogen-bond acceptors (Lipinski definition) is 1. The van der Waals surface area contributed by atoms with Crippen molar-refractivity contribution in [2.24, 2.45) is 0 Å². The molecule has 12 heavy (non-hydrogen) atoms. The molecular formula is C10H9NSe. The minimum atomic E-state index is 1.07. The number of fused-ring (bicyclic) bond motifs is 1. The fourth-order valence-corrected chi connectivity index (χ4v) is 1.79. The summed E-state index contributed by atoms with van der Waals surface area (Å²) < 4.78 is 1.18. The molecule has 0 N–H and O–H groups in total. The van der Waals surface area contributed by atoms with Crippen molar-refractivity contribution < 1.29 is 0 Å². The van der Waals surface area contributed by atoms with Crippen LogP contribution in [0.2, 0.25) is 0 Å². The van der Waals surface area contributed by atoms with Crippen LogP contribution in [0.5, 0.6) is 0 Å². The molecule has 0 saturated heterocycles. The molecule has 2 heteroatoms. The molecule has 0 fully saturated rings. The zero-order valence-electron chi connectivity index (χ0n) is 6.78. The molecule has 0 amide bonds. The van der Waals surface area contributed by atoms with Crippen LogP contribution in [0.25, 0.3) is 10.9 Å². The summed E-state index contributed by atoms with van der Waals surface area (Å²) in [6.07, 6.45) is 0. The van der Waals surface area contributed by atoms with E-state index < -0.39 is 0 Å². The van der Waals surface area contributed by atoms with Crippen LogP contribution in [0.15, 0.2) is 30.3 Å². The van der Waals surface area contributed by atoms with E-state index in [1.807, 2.05) is 19.1 Å². The Labute approximate surface area is 79.6 Å². The molecule has 0 atom stereocenters. The number of pyridine rings is 1. The molecule has 0 bridgehead atoms. The van der Waals surface area contributed by atoms with Gasteiger partial charge in [-0.25, -0.2) is 0 Å². The van der Waals surface area contributed by atoms with Gasteiger partial charge in [-0.1, -0.05) is 0 Å². The van der Waals surface area contributed by atoms with Crippen LogP contribution in [0, 0.1) is 6.92 Å². The first-order valence-electron chi connectivity index (χ1n) is 3.83. The second kappa shape index (κ2) is 2.89. The second-order valence-corrected chi connectivity index (χ2v) is 3.81. The molecule has 60 valence electrons. The number of aromatic nitrogens is 1. The molecular weight excluding hydrogens is 213 g/mol. The number of hydrogen-bond donors (Lipinski definition) is 0. The number of rotatable bonds is 0. The molecule has 1 nitrogen and oxygen atoms in total. The molecule has 0 saturated carbocycles. The van der Waals surface area contributed by atoms with Crippen molar-refractivity contribution in [3.05, 3.63) is 36.0 Å². The van der Waals surface area contributed by atoms with Gasteiger partial charge >= 0.3 is 79.3 Å². The van der Waals surface area contributed by atoms with Gasteiger partial charge in [0.25, 0.3) is 0 Å². The quantitative estimate of drug-likeness (QED) is 0.607. The summed E-state index contributed by atoms with van der Waals surface area (Å²) in [7, 11) is 0. The van der Waals surface area contributed by atoms with Crippen molar-refractivity contribution in [3.8, 4) is 0 Å². The number of benzene rings is 1. The molecule has 0 aliphatic carbocycles.